The summed E-state index contributed by atoms with van der Waals surface area (Å²) in [4.78, 5) is 26.8. The smallest absolute Gasteiger partial charge is 0.251 e. The molecule has 0 saturated carbocycles. The van der Waals surface area contributed by atoms with Crippen LogP contribution in [0.5, 0.6) is 0 Å². The molecule has 0 radical (unpaired) electrons. The number of aromatic nitrogens is 2. The number of carbonyl (C=O) groups is 1. The lowest BCUT2D eigenvalue weighted by molar-refractivity contribution is 0.0936. The van der Waals surface area contributed by atoms with Gasteiger partial charge >= 0.3 is 0 Å². The highest BCUT2D eigenvalue weighted by atomic mass is 16.1. The minimum Gasteiger partial charge on any atom is -0.386 e. The van der Waals surface area contributed by atoms with E-state index in [0.717, 1.165) is 42.8 Å². The quantitative estimate of drug-likeness (QED) is 0.564. The maximum absolute atomic E-state index is 13.1. The highest BCUT2D eigenvalue weighted by Gasteiger charge is 2.24. The summed E-state index contributed by atoms with van der Waals surface area (Å²) in [5.74, 6) is 0.518. The van der Waals surface area contributed by atoms with E-state index < -0.39 is 0 Å². The number of nitrogens with two attached hydrogens (primary N) is 1. The molecule has 1 aromatic heterocycles. The van der Waals surface area contributed by atoms with Crippen LogP contribution in [0.25, 0.3) is 5.70 Å². The number of aromatic amines is 1. The molecular formula is C25H26N6O. The molecule has 5 rings (SSSR count). The van der Waals surface area contributed by atoms with Gasteiger partial charge < -0.3 is 20.9 Å². The molecule has 0 spiro atoms. The highest BCUT2D eigenvalue weighted by molar-refractivity contribution is 5.95. The number of imidazole rings is 1. The zero-order valence-electron chi connectivity index (χ0n) is 17.8. The molecule has 162 valence electrons. The molecule has 7 heteroatoms. The van der Waals surface area contributed by atoms with Crippen molar-refractivity contribution in [2.75, 3.05) is 13.1 Å². The number of carbonyl (C=O) groups excluding carboxylic acids is 1. The first-order chi connectivity index (χ1) is 15.7. The fourth-order valence-electron chi connectivity index (χ4n) is 4.45. The largest absolute Gasteiger partial charge is 0.386 e. The first-order valence-corrected chi connectivity index (χ1v) is 10.9. The summed E-state index contributed by atoms with van der Waals surface area (Å²) in [6.45, 7) is 1.31. The van der Waals surface area contributed by atoms with Crippen LogP contribution in [0.15, 0.2) is 72.2 Å². The summed E-state index contributed by atoms with van der Waals surface area (Å²) in [6, 6.07) is 16.1. The molecule has 7 nitrogen and oxygen atoms in total. The van der Waals surface area contributed by atoms with Crippen LogP contribution in [0.3, 0.4) is 0 Å². The number of hydrogen-bond donors (Lipinski definition) is 3. The van der Waals surface area contributed by atoms with Gasteiger partial charge in [0.25, 0.3) is 5.91 Å². The summed E-state index contributed by atoms with van der Waals surface area (Å²) < 4.78 is 0. The molecule has 0 saturated heterocycles. The Bertz CT molecular complexity index is 1180. The van der Waals surface area contributed by atoms with E-state index in [2.05, 4.69) is 43.4 Å². The maximum Gasteiger partial charge on any atom is 0.251 e. The Balaban J connectivity index is 1.33. The molecule has 0 fully saturated rings. The number of aryl methyl sites for hydroxylation is 1. The Morgan fingerprint density at radius 1 is 1.22 bits per heavy atom. The van der Waals surface area contributed by atoms with E-state index in [4.69, 9.17) is 5.73 Å². The number of aliphatic imine (C=N–C) groups is 1. The molecule has 1 amide bonds. The van der Waals surface area contributed by atoms with Gasteiger partial charge in [0.05, 0.1) is 30.8 Å². The normalized spacial score (nSPS) is 17.5. The van der Waals surface area contributed by atoms with Gasteiger partial charge in [0, 0.05) is 36.0 Å². The van der Waals surface area contributed by atoms with Crippen molar-refractivity contribution < 1.29 is 4.79 Å². The van der Waals surface area contributed by atoms with Gasteiger partial charge in [-0.15, -0.1) is 0 Å². The van der Waals surface area contributed by atoms with Crippen molar-refractivity contribution in [1.82, 2.24) is 20.2 Å². The van der Waals surface area contributed by atoms with Gasteiger partial charge in [0.15, 0.2) is 0 Å². The second-order valence-corrected chi connectivity index (χ2v) is 8.23. The van der Waals surface area contributed by atoms with E-state index in [0.29, 0.717) is 17.9 Å². The lowest BCUT2D eigenvalue weighted by atomic mass is 10.0. The van der Waals surface area contributed by atoms with E-state index in [-0.39, 0.29) is 11.9 Å². The Kier molecular flexibility index (Phi) is 5.46. The van der Waals surface area contributed by atoms with Crippen molar-refractivity contribution >= 4 is 17.4 Å². The predicted molar refractivity (Wildman–Crippen MR) is 125 cm³/mol. The zero-order valence-corrected chi connectivity index (χ0v) is 17.8. The number of rotatable bonds is 6. The Hall–Kier alpha value is -3.87. The van der Waals surface area contributed by atoms with Gasteiger partial charge in [-0.2, -0.15) is 0 Å². The number of nitrogens with zero attached hydrogens (tertiary/aromatic N) is 3. The number of amidine groups is 1. The summed E-state index contributed by atoms with van der Waals surface area (Å²) in [7, 11) is 0. The molecule has 1 aliphatic carbocycles. The van der Waals surface area contributed by atoms with E-state index in [1.807, 2.05) is 36.5 Å². The molecule has 4 N–H and O–H groups in total. The van der Waals surface area contributed by atoms with Gasteiger partial charge in [0.1, 0.15) is 5.84 Å². The molecular weight excluding hydrogens is 400 g/mol. The molecule has 2 heterocycles. The average Bonchev–Trinajstić information content (AvgIpc) is 3.48. The topological polar surface area (TPSA) is 99.4 Å². The van der Waals surface area contributed by atoms with Crippen molar-refractivity contribution in [1.29, 1.82) is 0 Å². The SMILES string of the molecule is NC1=NC=C(c2cccc(C(=O)N[C@H]3CCc4ccccc43)c2)N(CCc2cnc[nH]2)C1. The molecule has 3 aromatic rings. The first-order valence-electron chi connectivity index (χ1n) is 10.9. The monoisotopic (exact) mass is 426 g/mol. The van der Waals surface area contributed by atoms with Crippen LogP contribution in [0.2, 0.25) is 0 Å². The predicted octanol–water partition coefficient (Wildman–Crippen LogP) is 3.04. The highest BCUT2D eigenvalue weighted by Crippen LogP contribution is 2.31. The maximum atomic E-state index is 13.1. The lowest BCUT2D eigenvalue weighted by Gasteiger charge is -2.29. The number of H-pyrrole nitrogens is 1. The standard InChI is InChI=1S/C25H26N6O/c26-24-15-31(11-10-20-13-27-16-29-20)23(14-28-24)18-5-3-6-19(12-18)25(32)30-22-9-8-17-4-1-2-7-21(17)22/h1-7,12-14,16,22H,8-11,15H2,(H2,26,28)(H,27,29)(H,30,32)/t22-/m0/s1. The summed E-state index contributed by atoms with van der Waals surface area (Å²) in [5.41, 5.74) is 12.2. The van der Waals surface area contributed by atoms with Gasteiger partial charge in [-0.1, -0.05) is 36.4 Å². The third kappa shape index (κ3) is 4.14. The number of nitrogens with one attached hydrogen (secondary N) is 2. The molecule has 32 heavy (non-hydrogen) atoms. The lowest BCUT2D eigenvalue weighted by Crippen LogP contribution is -2.36. The van der Waals surface area contributed by atoms with Crippen LogP contribution in [0.4, 0.5) is 0 Å². The van der Waals surface area contributed by atoms with Crippen molar-refractivity contribution in [2.24, 2.45) is 10.7 Å². The summed E-state index contributed by atoms with van der Waals surface area (Å²) in [6.07, 6.45) is 8.05. The second kappa shape index (κ2) is 8.70. The third-order valence-electron chi connectivity index (χ3n) is 6.11. The molecule has 1 aliphatic heterocycles. The summed E-state index contributed by atoms with van der Waals surface area (Å²) in [5, 5.41) is 3.21. The first kappa shape index (κ1) is 20.1. The van der Waals surface area contributed by atoms with Gasteiger partial charge in [-0.05, 0) is 36.1 Å². The van der Waals surface area contributed by atoms with Gasteiger partial charge in [0.2, 0.25) is 0 Å². The van der Waals surface area contributed by atoms with Crippen molar-refractivity contribution in [2.45, 2.75) is 25.3 Å². The van der Waals surface area contributed by atoms with Gasteiger partial charge in [-0.25, -0.2) is 9.98 Å². The van der Waals surface area contributed by atoms with Crippen LogP contribution in [0, 0.1) is 0 Å². The van der Waals surface area contributed by atoms with E-state index >= 15 is 0 Å². The van der Waals surface area contributed by atoms with E-state index in [1.165, 1.54) is 11.1 Å². The molecule has 0 unspecified atom stereocenters. The minimum atomic E-state index is -0.0583. The average molecular weight is 427 g/mol. The van der Waals surface area contributed by atoms with Gasteiger partial charge in [-0.3, -0.25) is 4.79 Å². The fourth-order valence-corrected chi connectivity index (χ4v) is 4.45. The van der Waals surface area contributed by atoms with Crippen LogP contribution in [-0.2, 0) is 12.8 Å². The third-order valence-corrected chi connectivity index (χ3v) is 6.11. The number of benzene rings is 2. The van der Waals surface area contributed by atoms with Crippen LogP contribution >= 0.6 is 0 Å². The van der Waals surface area contributed by atoms with E-state index in [9.17, 15) is 4.79 Å². The summed E-state index contributed by atoms with van der Waals surface area (Å²) >= 11 is 0. The van der Waals surface area contributed by atoms with E-state index in [1.54, 1.807) is 12.5 Å². The molecule has 0 bridgehead atoms. The Morgan fingerprint density at radius 2 is 2.12 bits per heavy atom. The van der Waals surface area contributed by atoms with Crippen LogP contribution < -0.4 is 11.1 Å². The van der Waals surface area contributed by atoms with Crippen LogP contribution in [-0.4, -0.2) is 39.7 Å². The number of amides is 1. The molecule has 1 atom stereocenters. The van der Waals surface area contributed by atoms with Crippen molar-refractivity contribution in [3.05, 3.63) is 95.2 Å². The van der Waals surface area contributed by atoms with Crippen molar-refractivity contribution in [3.8, 4) is 0 Å². The number of fused-ring (bicyclic) bond motifs is 1. The minimum absolute atomic E-state index is 0.0583. The molecule has 2 aliphatic rings. The molecule has 2 aromatic carbocycles. The van der Waals surface area contributed by atoms with Crippen LogP contribution in [0.1, 0.15) is 45.2 Å². The van der Waals surface area contributed by atoms with Crippen molar-refractivity contribution in [3.63, 3.8) is 0 Å². The zero-order chi connectivity index (χ0) is 21.9. The Morgan fingerprint density at radius 3 is 3.00 bits per heavy atom. The number of hydrogen-bond acceptors (Lipinski definition) is 5. The fraction of sp³-hybridized carbons (Fsp3) is 0.240. The Labute approximate surface area is 187 Å². The second-order valence-electron chi connectivity index (χ2n) is 8.23.